The molecule has 0 aliphatic carbocycles. The highest BCUT2D eigenvalue weighted by Gasteiger charge is 2.15. The van der Waals surface area contributed by atoms with Crippen LogP contribution < -0.4 is 15.4 Å². The number of nitrogens with one attached hydrogen (secondary N) is 2. The Hall–Kier alpha value is -1.85. The van der Waals surface area contributed by atoms with Gasteiger partial charge < -0.3 is 15.4 Å². The van der Waals surface area contributed by atoms with Crippen LogP contribution in [0.4, 0.5) is 5.95 Å². The van der Waals surface area contributed by atoms with E-state index in [-0.39, 0.29) is 11.9 Å². The normalized spacial score (nSPS) is 12.1. The van der Waals surface area contributed by atoms with E-state index in [1.54, 1.807) is 13.0 Å². The van der Waals surface area contributed by atoms with Gasteiger partial charge in [-0.3, -0.25) is 4.79 Å². The van der Waals surface area contributed by atoms with E-state index in [1.807, 2.05) is 27.7 Å². The quantitative estimate of drug-likeness (QED) is 0.797. The monoisotopic (exact) mass is 280 g/mol. The second-order valence-corrected chi connectivity index (χ2v) is 5.05. The summed E-state index contributed by atoms with van der Waals surface area (Å²) in [6.07, 6.45) is 0.916. The van der Waals surface area contributed by atoms with Crippen LogP contribution in [0, 0.1) is 6.92 Å². The van der Waals surface area contributed by atoms with Gasteiger partial charge in [0.2, 0.25) is 17.7 Å². The summed E-state index contributed by atoms with van der Waals surface area (Å²) in [5.74, 6) is 0.849. The number of anilines is 1. The Balaban J connectivity index is 2.71. The predicted octanol–water partition coefficient (Wildman–Crippen LogP) is 1.90. The highest BCUT2D eigenvalue weighted by atomic mass is 16.5. The second kappa shape index (κ2) is 7.67. The lowest BCUT2D eigenvalue weighted by Crippen LogP contribution is -2.41. The van der Waals surface area contributed by atoms with Crippen LogP contribution in [0.2, 0.25) is 0 Å². The summed E-state index contributed by atoms with van der Waals surface area (Å²) < 4.78 is 5.49. The molecule has 0 fully saturated rings. The molecular formula is C14H24N4O2. The number of hydrogen-bond acceptors (Lipinski definition) is 5. The summed E-state index contributed by atoms with van der Waals surface area (Å²) in [5, 5.41) is 5.83. The van der Waals surface area contributed by atoms with Gasteiger partial charge in [-0.05, 0) is 34.1 Å². The van der Waals surface area contributed by atoms with Gasteiger partial charge in [-0.1, -0.05) is 6.92 Å². The molecule has 1 amide bonds. The van der Waals surface area contributed by atoms with Crippen LogP contribution in [0.15, 0.2) is 6.07 Å². The van der Waals surface area contributed by atoms with E-state index in [4.69, 9.17) is 4.74 Å². The maximum absolute atomic E-state index is 11.8. The van der Waals surface area contributed by atoms with Crippen molar-refractivity contribution in [3.8, 4) is 5.88 Å². The summed E-state index contributed by atoms with van der Waals surface area (Å²) >= 11 is 0. The molecule has 112 valence electrons. The largest absolute Gasteiger partial charge is 0.478 e. The first-order chi connectivity index (χ1) is 9.42. The van der Waals surface area contributed by atoms with E-state index < -0.39 is 6.04 Å². The Morgan fingerprint density at radius 2 is 2.05 bits per heavy atom. The van der Waals surface area contributed by atoms with Crippen LogP contribution in [-0.2, 0) is 4.79 Å². The molecule has 6 heteroatoms. The third kappa shape index (κ3) is 5.42. The Morgan fingerprint density at radius 1 is 1.35 bits per heavy atom. The van der Waals surface area contributed by atoms with E-state index in [1.165, 1.54) is 0 Å². The number of nitrogens with zero attached hydrogens (tertiary/aromatic N) is 2. The van der Waals surface area contributed by atoms with Crippen molar-refractivity contribution in [2.24, 2.45) is 0 Å². The van der Waals surface area contributed by atoms with Crippen LogP contribution in [-0.4, -0.2) is 34.6 Å². The molecule has 1 unspecified atom stereocenters. The summed E-state index contributed by atoms with van der Waals surface area (Å²) in [7, 11) is 0. The molecule has 0 aliphatic rings. The minimum Gasteiger partial charge on any atom is -0.478 e. The number of aromatic nitrogens is 2. The van der Waals surface area contributed by atoms with Gasteiger partial charge in [-0.2, -0.15) is 4.98 Å². The van der Waals surface area contributed by atoms with Crippen LogP contribution in [0.3, 0.4) is 0 Å². The molecule has 1 heterocycles. The van der Waals surface area contributed by atoms with Gasteiger partial charge in [0.05, 0.1) is 6.61 Å². The molecule has 0 aliphatic heterocycles. The maximum Gasteiger partial charge on any atom is 0.242 e. The molecule has 20 heavy (non-hydrogen) atoms. The maximum atomic E-state index is 11.8. The molecule has 0 aromatic carbocycles. The molecule has 0 bridgehead atoms. The molecule has 1 aromatic rings. The first kappa shape index (κ1) is 16.2. The molecular weight excluding hydrogens is 256 g/mol. The molecule has 2 N–H and O–H groups in total. The fraction of sp³-hybridized carbons (Fsp3) is 0.643. The first-order valence-corrected chi connectivity index (χ1v) is 6.97. The number of carbonyl (C=O) groups is 1. The molecule has 0 spiro atoms. The Bertz CT molecular complexity index is 449. The minimum atomic E-state index is -0.404. The van der Waals surface area contributed by atoms with Crippen molar-refractivity contribution >= 4 is 11.9 Å². The number of carbonyl (C=O) groups excluding carboxylic acids is 1. The van der Waals surface area contributed by atoms with Gasteiger partial charge in [0, 0.05) is 17.8 Å². The number of rotatable bonds is 7. The Kier molecular flexibility index (Phi) is 6.21. The van der Waals surface area contributed by atoms with Gasteiger partial charge in [-0.15, -0.1) is 0 Å². The predicted molar refractivity (Wildman–Crippen MR) is 78.9 cm³/mol. The average Bonchev–Trinajstić information content (AvgIpc) is 2.34. The van der Waals surface area contributed by atoms with E-state index in [0.29, 0.717) is 18.4 Å². The van der Waals surface area contributed by atoms with E-state index in [2.05, 4.69) is 20.6 Å². The summed E-state index contributed by atoms with van der Waals surface area (Å²) in [6.45, 7) is 10.1. The number of ether oxygens (including phenoxy) is 1. The van der Waals surface area contributed by atoms with Crippen LogP contribution in [0.25, 0.3) is 0 Å². The van der Waals surface area contributed by atoms with Crippen molar-refractivity contribution in [1.82, 2.24) is 15.3 Å². The molecule has 1 atom stereocenters. The lowest BCUT2D eigenvalue weighted by Gasteiger charge is -2.16. The molecule has 0 saturated carbocycles. The summed E-state index contributed by atoms with van der Waals surface area (Å²) in [6, 6.07) is 1.48. The Labute approximate surface area is 120 Å². The lowest BCUT2D eigenvalue weighted by molar-refractivity contribution is -0.122. The molecule has 0 radical (unpaired) electrons. The summed E-state index contributed by atoms with van der Waals surface area (Å²) in [5.41, 5.74) is 0.796. The zero-order valence-electron chi connectivity index (χ0n) is 12.9. The van der Waals surface area contributed by atoms with E-state index in [9.17, 15) is 4.79 Å². The van der Waals surface area contributed by atoms with Crippen molar-refractivity contribution in [3.63, 3.8) is 0 Å². The van der Waals surface area contributed by atoms with E-state index in [0.717, 1.165) is 12.1 Å². The van der Waals surface area contributed by atoms with Crippen LogP contribution in [0.5, 0.6) is 5.88 Å². The standard InChI is InChI=1S/C14H24N4O2/c1-6-7-20-12-8-10(4)16-14(18-12)17-11(5)13(19)15-9(2)3/h8-9,11H,6-7H2,1-5H3,(H,15,19)(H,16,17,18). The van der Waals surface area contributed by atoms with Crippen LogP contribution in [0.1, 0.15) is 39.8 Å². The smallest absolute Gasteiger partial charge is 0.242 e. The molecule has 1 aromatic heterocycles. The number of aryl methyl sites for hydroxylation is 1. The summed E-state index contributed by atoms with van der Waals surface area (Å²) in [4.78, 5) is 20.3. The van der Waals surface area contributed by atoms with Crippen molar-refractivity contribution in [1.29, 1.82) is 0 Å². The fourth-order valence-electron chi connectivity index (χ4n) is 1.55. The van der Waals surface area contributed by atoms with Crippen molar-refractivity contribution in [3.05, 3.63) is 11.8 Å². The second-order valence-electron chi connectivity index (χ2n) is 5.05. The van der Waals surface area contributed by atoms with Gasteiger partial charge in [0.25, 0.3) is 0 Å². The fourth-order valence-corrected chi connectivity index (χ4v) is 1.55. The van der Waals surface area contributed by atoms with Crippen molar-refractivity contribution in [2.45, 2.75) is 53.1 Å². The SMILES string of the molecule is CCCOc1cc(C)nc(NC(C)C(=O)NC(C)C)n1. The van der Waals surface area contributed by atoms with Gasteiger partial charge in [0.15, 0.2) is 0 Å². The molecule has 0 saturated heterocycles. The molecule has 1 rings (SSSR count). The van der Waals surface area contributed by atoms with Gasteiger partial charge >= 0.3 is 0 Å². The third-order valence-electron chi connectivity index (χ3n) is 2.45. The Morgan fingerprint density at radius 3 is 2.65 bits per heavy atom. The minimum absolute atomic E-state index is 0.0823. The average molecular weight is 280 g/mol. The first-order valence-electron chi connectivity index (χ1n) is 6.97. The van der Waals surface area contributed by atoms with Crippen molar-refractivity contribution < 1.29 is 9.53 Å². The highest BCUT2D eigenvalue weighted by Crippen LogP contribution is 2.13. The van der Waals surface area contributed by atoms with Crippen molar-refractivity contribution in [2.75, 3.05) is 11.9 Å². The number of hydrogen-bond donors (Lipinski definition) is 2. The van der Waals surface area contributed by atoms with E-state index >= 15 is 0 Å². The zero-order chi connectivity index (χ0) is 15.1. The zero-order valence-corrected chi connectivity index (χ0v) is 12.9. The molecule has 6 nitrogen and oxygen atoms in total. The van der Waals surface area contributed by atoms with Crippen LogP contribution >= 0.6 is 0 Å². The number of amides is 1. The van der Waals surface area contributed by atoms with Gasteiger partial charge in [-0.25, -0.2) is 4.98 Å². The lowest BCUT2D eigenvalue weighted by atomic mass is 10.3. The third-order valence-corrected chi connectivity index (χ3v) is 2.45. The highest BCUT2D eigenvalue weighted by molar-refractivity contribution is 5.83. The van der Waals surface area contributed by atoms with Gasteiger partial charge in [0.1, 0.15) is 6.04 Å². The topological polar surface area (TPSA) is 76.1 Å².